The average Bonchev–Trinajstić information content (AvgIpc) is 3.01. The second-order valence-electron chi connectivity index (χ2n) is 10.7. The summed E-state index contributed by atoms with van der Waals surface area (Å²) in [6.45, 7) is 5.91. The Morgan fingerprint density at radius 2 is 1.83 bits per heavy atom. The van der Waals surface area contributed by atoms with Crippen molar-refractivity contribution in [2.24, 2.45) is 10.7 Å². The van der Waals surface area contributed by atoms with Crippen molar-refractivity contribution in [2.45, 2.75) is 44.1 Å². The van der Waals surface area contributed by atoms with E-state index in [1.165, 1.54) is 17.7 Å². The van der Waals surface area contributed by atoms with Crippen LogP contribution in [0.5, 0.6) is 0 Å². The van der Waals surface area contributed by atoms with E-state index in [1.807, 2.05) is 13.0 Å². The maximum Gasteiger partial charge on any atom is 0.269 e. The van der Waals surface area contributed by atoms with Gasteiger partial charge >= 0.3 is 0 Å². The zero-order chi connectivity index (χ0) is 29.9. The third-order valence-electron chi connectivity index (χ3n) is 8.07. The summed E-state index contributed by atoms with van der Waals surface area (Å²) in [6.07, 6.45) is 4.36. The number of ether oxygens (including phenoxy) is 1. The van der Waals surface area contributed by atoms with Crippen LogP contribution in [0.2, 0.25) is 0 Å². The standard InChI is InChI=1S/C31H40N6O5/c1-23-30(33-21-38)29(26-8-10-27(11-9-26)37(40)41)31(28(34-23)20-42-19-14-32)36(22-39)16-5-15-35-17-12-25(13-18-35)24-6-3-2-4-7-24/h2-4,6-11,21-22,25,29-30H,5,12-20,32H2,1H3,(H,33,38). The molecule has 2 heterocycles. The number of nitro benzene ring substituents is 1. The number of nitro groups is 1. The summed E-state index contributed by atoms with van der Waals surface area (Å²) < 4.78 is 5.75. The van der Waals surface area contributed by atoms with Gasteiger partial charge in [0.15, 0.2) is 0 Å². The van der Waals surface area contributed by atoms with E-state index in [4.69, 9.17) is 15.5 Å². The second-order valence-corrected chi connectivity index (χ2v) is 10.7. The fourth-order valence-electron chi connectivity index (χ4n) is 5.97. The lowest BCUT2D eigenvalue weighted by atomic mass is 9.82. The Kier molecular flexibility index (Phi) is 11.3. The number of aliphatic imine (C=N–C) groups is 1. The number of likely N-dealkylation sites (tertiary alicyclic amines) is 1. The molecule has 0 spiro atoms. The summed E-state index contributed by atoms with van der Waals surface area (Å²) in [5.41, 5.74) is 9.54. The fourth-order valence-corrected chi connectivity index (χ4v) is 5.97. The quantitative estimate of drug-likeness (QED) is 0.143. The van der Waals surface area contributed by atoms with Gasteiger partial charge < -0.3 is 25.6 Å². The van der Waals surface area contributed by atoms with Crippen molar-refractivity contribution in [3.05, 3.63) is 87.2 Å². The summed E-state index contributed by atoms with van der Waals surface area (Å²) >= 11 is 0. The van der Waals surface area contributed by atoms with Crippen LogP contribution in [0.25, 0.3) is 0 Å². The maximum absolute atomic E-state index is 12.6. The first-order valence-corrected chi connectivity index (χ1v) is 14.5. The molecule has 2 unspecified atom stereocenters. The molecule has 2 atom stereocenters. The third kappa shape index (κ3) is 7.67. The van der Waals surface area contributed by atoms with Crippen molar-refractivity contribution in [3.8, 4) is 0 Å². The molecule has 2 amide bonds. The molecular formula is C31H40N6O5. The molecule has 4 rings (SSSR count). The molecule has 224 valence electrons. The summed E-state index contributed by atoms with van der Waals surface area (Å²) in [7, 11) is 0. The molecular weight excluding hydrogens is 536 g/mol. The van der Waals surface area contributed by atoms with Gasteiger partial charge in [0.2, 0.25) is 12.8 Å². The van der Waals surface area contributed by atoms with Gasteiger partial charge in [-0.05, 0) is 62.9 Å². The van der Waals surface area contributed by atoms with Gasteiger partial charge in [0, 0.05) is 30.9 Å². The van der Waals surface area contributed by atoms with E-state index in [0.717, 1.165) is 50.9 Å². The first-order chi connectivity index (χ1) is 20.5. The van der Waals surface area contributed by atoms with E-state index in [1.54, 1.807) is 17.0 Å². The summed E-state index contributed by atoms with van der Waals surface area (Å²) in [5.74, 6) is 0.0694. The SMILES string of the molecule is CC1=NC(COCCN)=C(N(C=O)CCCN2CCC(c3ccccc3)CC2)C(c2ccc([N+](=O)[O-])cc2)C1NC=O. The number of non-ortho nitro benzene ring substituents is 1. The third-order valence-corrected chi connectivity index (χ3v) is 8.07. The average molecular weight is 577 g/mol. The van der Waals surface area contributed by atoms with Gasteiger partial charge in [-0.15, -0.1) is 0 Å². The Hall–Kier alpha value is -3.93. The smallest absolute Gasteiger partial charge is 0.269 e. The Labute approximate surface area is 246 Å². The molecule has 0 saturated carbocycles. The molecule has 2 aromatic rings. The monoisotopic (exact) mass is 576 g/mol. The second kappa shape index (κ2) is 15.3. The van der Waals surface area contributed by atoms with Crippen LogP contribution in [0.4, 0.5) is 5.69 Å². The lowest BCUT2D eigenvalue weighted by molar-refractivity contribution is -0.384. The van der Waals surface area contributed by atoms with Crippen LogP contribution in [0.3, 0.4) is 0 Å². The van der Waals surface area contributed by atoms with E-state index in [0.29, 0.717) is 49.1 Å². The minimum Gasteiger partial charge on any atom is -0.374 e. The molecule has 0 bridgehead atoms. The van der Waals surface area contributed by atoms with E-state index in [2.05, 4.69) is 34.5 Å². The maximum atomic E-state index is 12.6. The number of nitrogens with two attached hydrogens (primary N) is 1. The molecule has 1 fully saturated rings. The van der Waals surface area contributed by atoms with Crippen molar-refractivity contribution >= 4 is 24.2 Å². The van der Waals surface area contributed by atoms with Crippen molar-refractivity contribution in [2.75, 3.05) is 45.9 Å². The van der Waals surface area contributed by atoms with Crippen molar-refractivity contribution in [3.63, 3.8) is 0 Å². The highest BCUT2D eigenvalue weighted by atomic mass is 16.6. The van der Waals surface area contributed by atoms with Crippen LogP contribution >= 0.6 is 0 Å². The summed E-state index contributed by atoms with van der Waals surface area (Å²) in [4.78, 5) is 43.9. The molecule has 0 aliphatic carbocycles. The summed E-state index contributed by atoms with van der Waals surface area (Å²) in [6, 6.07) is 16.3. The van der Waals surface area contributed by atoms with Gasteiger partial charge in [0.25, 0.3) is 5.69 Å². The molecule has 0 radical (unpaired) electrons. The van der Waals surface area contributed by atoms with E-state index in [9.17, 15) is 19.7 Å². The lowest BCUT2D eigenvalue weighted by Crippen LogP contribution is -2.46. The Morgan fingerprint density at radius 1 is 1.12 bits per heavy atom. The Morgan fingerprint density at radius 3 is 2.45 bits per heavy atom. The van der Waals surface area contributed by atoms with Gasteiger partial charge in [0.1, 0.15) is 0 Å². The molecule has 3 N–H and O–H groups in total. The highest BCUT2D eigenvalue weighted by Crippen LogP contribution is 2.37. The normalized spacial score (nSPS) is 19.7. The van der Waals surface area contributed by atoms with Crippen LogP contribution in [0.1, 0.15) is 49.1 Å². The number of amides is 2. The number of benzene rings is 2. The lowest BCUT2D eigenvalue weighted by Gasteiger charge is -2.38. The van der Waals surface area contributed by atoms with Crippen molar-refractivity contribution in [1.29, 1.82) is 0 Å². The van der Waals surface area contributed by atoms with Crippen LogP contribution in [0, 0.1) is 10.1 Å². The number of hydrogen-bond acceptors (Lipinski definition) is 8. The van der Waals surface area contributed by atoms with Gasteiger partial charge in [-0.25, -0.2) is 0 Å². The molecule has 42 heavy (non-hydrogen) atoms. The van der Waals surface area contributed by atoms with Crippen LogP contribution in [-0.4, -0.2) is 85.2 Å². The highest BCUT2D eigenvalue weighted by Gasteiger charge is 2.37. The number of carbonyl (C=O) groups is 2. The zero-order valence-electron chi connectivity index (χ0n) is 24.1. The molecule has 11 heteroatoms. The Bertz CT molecular complexity index is 1260. The molecule has 2 aromatic carbocycles. The molecule has 2 aliphatic rings. The fraction of sp³-hybridized carbons (Fsp3) is 0.452. The predicted octanol–water partition coefficient (Wildman–Crippen LogP) is 3.18. The molecule has 2 aliphatic heterocycles. The van der Waals surface area contributed by atoms with Gasteiger partial charge in [-0.3, -0.25) is 24.7 Å². The minimum atomic E-state index is -0.545. The Balaban J connectivity index is 1.54. The number of hydrogen-bond donors (Lipinski definition) is 2. The summed E-state index contributed by atoms with van der Waals surface area (Å²) in [5, 5.41) is 14.1. The molecule has 1 saturated heterocycles. The largest absolute Gasteiger partial charge is 0.374 e. The van der Waals surface area contributed by atoms with Crippen molar-refractivity contribution in [1.82, 2.24) is 15.1 Å². The van der Waals surface area contributed by atoms with Gasteiger partial charge in [0.05, 0.1) is 41.5 Å². The van der Waals surface area contributed by atoms with Gasteiger partial charge in [-0.2, -0.15) is 0 Å². The number of carbonyl (C=O) groups excluding carboxylic acids is 2. The van der Waals surface area contributed by atoms with Crippen molar-refractivity contribution < 1.29 is 19.2 Å². The minimum absolute atomic E-state index is 0.0415. The van der Waals surface area contributed by atoms with E-state index in [-0.39, 0.29) is 12.3 Å². The van der Waals surface area contributed by atoms with Gasteiger partial charge in [-0.1, -0.05) is 42.5 Å². The number of rotatable bonds is 15. The topological polar surface area (TPSA) is 143 Å². The van der Waals surface area contributed by atoms with E-state index >= 15 is 0 Å². The van der Waals surface area contributed by atoms with Crippen LogP contribution in [-0.2, 0) is 14.3 Å². The van der Waals surface area contributed by atoms with Crippen LogP contribution < -0.4 is 11.1 Å². The zero-order valence-corrected chi connectivity index (χ0v) is 24.1. The van der Waals surface area contributed by atoms with Crippen LogP contribution in [0.15, 0.2) is 71.0 Å². The number of nitrogens with one attached hydrogen (secondary N) is 1. The molecule has 0 aromatic heterocycles. The highest BCUT2D eigenvalue weighted by molar-refractivity contribution is 5.92. The number of piperidine rings is 1. The first-order valence-electron chi connectivity index (χ1n) is 14.5. The first kappa shape index (κ1) is 31.0. The predicted molar refractivity (Wildman–Crippen MR) is 161 cm³/mol. The van der Waals surface area contributed by atoms with E-state index < -0.39 is 16.9 Å². The molecule has 11 nitrogen and oxygen atoms in total. The number of nitrogens with zero attached hydrogens (tertiary/aromatic N) is 4.